The van der Waals surface area contributed by atoms with Crippen LogP contribution in [-0.2, 0) is 17.5 Å². The van der Waals surface area contributed by atoms with Crippen LogP contribution in [0.3, 0.4) is 0 Å². The normalized spacial score (nSPS) is 11.6. The van der Waals surface area contributed by atoms with Gasteiger partial charge in [-0.25, -0.2) is 14.6 Å². The van der Waals surface area contributed by atoms with E-state index in [4.69, 9.17) is 4.74 Å². The van der Waals surface area contributed by atoms with E-state index in [1.807, 2.05) is 6.92 Å². The van der Waals surface area contributed by atoms with E-state index >= 15 is 0 Å². The van der Waals surface area contributed by atoms with Crippen LogP contribution < -0.4 is 20.4 Å². The molecule has 0 unspecified atom stereocenters. The van der Waals surface area contributed by atoms with Crippen LogP contribution in [0.15, 0.2) is 60.7 Å². The molecule has 0 saturated carbocycles. The first-order valence-electron chi connectivity index (χ1n) is 14.3. The molecular weight excluding hydrogens is 559 g/mol. The van der Waals surface area contributed by atoms with Gasteiger partial charge < -0.3 is 20.3 Å². The maximum atomic E-state index is 13.4. The standard InChI is InChI=1S/C32H40F3N5O3/c1-7-9-19-40(8-2)27-18-17-26(23-11-10-12-24(20-23)32(33,34)35)38-28(27)39(6)29(41)37-25-15-13-22(14-16-25)21-36-30(42)43-31(3,4)5/h10-18,20H,7-9,19,21H2,1-6H3,(H,36,42)(H,37,41). The summed E-state index contributed by atoms with van der Waals surface area (Å²) >= 11 is 0. The number of amides is 3. The molecule has 1 aromatic heterocycles. The van der Waals surface area contributed by atoms with Gasteiger partial charge in [0, 0.05) is 37.9 Å². The van der Waals surface area contributed by atoms with Crippen molar-refractivity contribution in [3.05, 3.63) is 71.8 Å². The first kappa shape index (κ1) is 33.2. The number of alkyl halides is 3. The summed E-state index contributed by atoms with van der Waals surface area (Å²) in [6, 6.07) is 15.0. The minimum Gasteiger partial charge on any atom is -0.444 e. The van der Waals surface area contributed by atoms with Crippen LogP contribution in [0.2, 0.25) is 0 Å². The van der Waals surface area contributed by atoms with Crippen LogP contribution in [0.4, 0.5) is 40.0 Å². The predicted molar refractivity (Wildman–Crippen MR) is 164 cm³/mol. The van der Waals surface area contributed by atoms with E-state index in [1.54, 1.807) is 70.3 Å². The minimum absolute atomic E-state index is 0.253. The van der Waals surface area contributed by atoms with Crippen LogP contribution >= 0.6 is 0 Å². The summed E-state index contributed by atoms with van der Waals surface area (Å²) in [5.74, 6) is 0.323. The van der Waals surface area contributed by atoms with Crippen molar-refractivity contribution in [1.29, 1.82) is 0 Å². The number of unbranched alkanes of at least 4 members (excludes halogenated alkanes) is 1. The molecule has 0 fully saturated rings. The molecule has 0 aliphatic heterocycles. The molecule has 3 amide bonds. The van der Waals surface area contributed by atoms with E-state index in [2.05, 4.69) is 27.4 Å². The second kappa shape index (κ2) is 14.3. The van der Waals surface area contributed by atoms with Gasteiger partial charge in [0.15, 0.2) is 5.82 Å². The van der Waals surface area contributed by atoms with Crippen molar-refractivity contribution in [2.45, 2.75) is 65.8 Å². The highest BCUT2D eigenvalue weighted by molar-refractivity contribution is 6.02. The molecule has 43 heavy (non-hydrogen) atoms. The van der Waals surface area contributed by atoms with Gasteiger partial charge in [-0.3, -0.25) is 4.90 Å². The van der Waals surface area contributed by atoms with Gasteiger partial charge in [-0.2, -0.15) is 13.2 Å². The Hall–Kier alpha value is -4.28. The van der Waals surface area contributed by atoms with Crippen molar-refractivity contribution in [2.24, 2.45) is 0 Å². The summed E-state index contributed by atoms with van der Waals surface area (Å²) < 4.78 is 45.4. The lowest BCUT2D eigenvalue weighted by Gasteiger charge is -2.28. The number of hydrogen-bond acceptors (Lipinski definition) is 5. The van der Waals surface area contributed by atoms with E-state index in [0.29, 0.717) is 35.0 Å². The van der Waals surface area contributed by atoms with Crippen molar-refractivity contribution >= 4 is 29.3 Å². The first-order valence-corrected chi connectivity index (χ1v) is 14.3. The number of benzene rings is 2. The Morgan fingerprint density at radius 3 is 2.28 bits per heavy atom. The van der Waals surface area contributed by atoms with E-state index in [-0.39, 0.29) is 6.54 Å². The molecule has 0 aliphatic carbocycles. The molecule has 0 radical (unpaired) electrons. The van der Waals surface area contributed by atoms with Gasteiger partial charge in [-0.1, -0.05) is 37.6 Å². The molecule has 0 spiro atoms. The summed E-state index contributed by atoms with van der Waals surface area (Å²) in [5.41, 5.74) is 1.27. The predicted octanol–water partition coefficient (Wildman–Crippen LogP) is 8.09. The van der Waals surface area contributed by atoms with Crippen LogP contribution in [0.25, 0.3) is 11.3 Å². The Morgan fingerprint density at radius 2 is 1.67 bits per heavy atom. The fourth-order valence-electron chi connectivity index (χ4n) is 4.25. The first-order chi connectivity index (χ1) is 20.2. The van der Waals surface area contributed by atoms with Crippen LogP contribution in [0.5, 0.6) is 0 Å². The number of carbonyl (C=O) groups excluding carboxylic acids is 2. The number of nitrogens with one attached hydrogen (secondary N) is 2. The number of urea groups is 1. The monoisotopic (exact) mass is 599 g/mol. The third-order valence-corrected chi connectivity index (χ3v) is 6.51. The zero-order valence-corrected chi connectivity index (χ0v) is 25.5. The van der Waals surface area contributed by atoms with E-state index in [0.717, 1.165) is 37.1 Å². The van der Waals surface area contributed by atoms with E-state index in [1.165, 1.54) is 11.0 Å². The fraction of sp³-hybridized carbons (Fsp3) is 0.406. The van der Waals surface area contributed by atoms with Crippen LogP contribution in [0.1, 0.15) is 58.6 Å². The summed E-state index contributed by atoms with van der Waals surface area (Å²) in [4.78, 5) is 33.5. The molecule has 0 atom stereocenters. The van der Waals surface area contributed by atoms with Crippen molar-refractivity contribution in [2.75, 3.05) is 35.3 Å². The zero-order valence-electron chi connectivity index (χ0n) is 25.5. The number of alkyl carbamates (subject to hydrolysis) is 1. The number of pyridine rings is 1. The lowest BCUT2D eigenvalue weighted by Crippen LogP contribution is -2.34. The molecule has 0 saturated heterocycles. The van der Waals surface area contributed by atoms with Crippen LogP contribution in [-0.4, -0.2) is 42.8 Å². The molecule has 3 rings (SSSR count). The second-order valence-corrected chi connectivity index (χ2v) is 11.1. The smallest absolute Gasteiger partial charge is 0.416 e. The molecule has 1 heterocycles. The molecule has 11 heteroatoms. The van der Waals surface area contributed by atoms with E-state index < -0.39 is 29.5 Å². The number of hydrogen-bond donors (Lipinski definition) is 2. The van der Waals surface area contributed by atoms with Gasteiger partial charge in [0.05, 0.1) is 16.9 Å². The maximum Gasteiger partial charge on any atom is 0.416 e. The number of nitrogens with zero attached hydrogens (tertiary/aromatic N) is 3. The largest absolute Gasteiger partial charge is 0.444 e. The molecule has 0 aliphatic rings. The fourth-order valence-corrected chi connectivity index (χ4v) is 4.25. The van der Waals surface area contributed by atoms with Gasteiger partial charge in [-0.05, 0) is 76.1 Å². The lowest BCUT2D eigenvalue weighted by atomic mass is 10.1. The molecule has 0 bridgehead atoms. The third kappa shape index (κ3) is 9.62. The minimum atomic E-state index is -4.49. The highest BCUT2D eigenvalue weighted by atomic mass is 19.4. The Morgan fingerprint density at radius 1 is 0.977 bits per heavy atom. The average molecular weight is 600 g/mol. The summed E-state index contributed by atoms with van der Waals surface area (Å²) in [7, 11) is 1.57. The zero-order chi connectivity index (χ0) is 31.8. The Bertz CT molecular complexity index is 1390. The Labute approximate surface area is 251 Å². The van der Waals surface area contributed by atoms with E-state index in [9.17, 15) is 22.8 Å². The van der Waals surface area contributed by atoms with Crippen molar-refractivity contribution in [3.8, 4) is 11.3 Å². The summed E-state index contributed by atoms with van der Waals surface area (Å²) in [6.45, 7) is 11.1. The molecule has 232 valence electrons. The van der Waals surface area contributed by atoms with Gasteiger partial charge in [0.25, 0.3) is 0 Å². The van der Waals surface area contributed by atoms with Gasteiger partial charge >= 0.3 is 18.3 Å². The second-order valence-electron chi connectivity index (χ2n) is 11.1. The number of ether oxygens (including phenoxy) is 1. The van der Waals surface area contributed by atoms with Crippen LogP contribution in [0, 0.1) is 0 Å². The van der Waals surface area contributed by atoms with Crippen molar-refractivity contribution < 1.29 is 27.5 Å². The maximum absolute atomic E-state index is 13.4. The number of carbonyl (C=O) groups is 2. The number of aromatic nitrogens is 1. The van der Waals surface area contributed by atoms with Gasteiger partial charge in [0.2, 0.25) is 0 Å². The SMILES string of the molecule is CCCCN(CC)c1ccc(-c2cccc(C(F)(F)F)c2)nc1N(C)C(=O)Nc1ccc(CNC(=O)OC(C)(C)C)cc1. The summed E-state index contributed by atoms with van der Waals surface area (Å²) in [5, 5.41) is 5.54. The van der Waals surface area contributed by atoms with Crippen molar-refractivity contribution in [3.63, 3.8) is 0 Å². The molecule has 2 aromatic carbocycles. The Kier molecular flexibility index (Phi) is 11.0. The Balaban J connectivity index is 1.84. The topological polar surface area (TPSA) is 86.8 Å². The highest BCUT2D eigenvalue weighted by Gasteiger charge is 2.31. The lowest BCUT2D eigenvalue weighted by molar-refractivity contribution is -0.137. The molecular formula is C32H40F3N5O3. The molecule has 8 nitrogen and oxygen atoms in total. The number of anilines is 3. The number of rotatable bonds is 10. The highest BCUT2D eigenvalue weighted by Crippen LogP contribution is 2.34. The van der Waals surface area contributed by atoms with Gasteiger partial charge in [-0.15, -0.1) is 0 Å². The summed E-state index contributed by atoms with van der Waals surface area (Å²) in [6.07, 6.45) is -3.12. The van der Waals surface area contributed by atoms with Crippen molar-refractivity contribution in [1.82, 2.24) is 10.3 Å². The van der Waals surface area contributed by atoms with Gasteiger partial charge in [0.1, 0.15) is 5.60 Å². The molecule has 2 N–H and O–H groups in total. The molecule has 3 aromatic rings. The third-order valence-electron chi connectivity index (χ3n) is 6.51. The average Bonchev–Trinajstić information content (AvgIpc) is 2.95. The quantitative estimate of drug-likeness (QED) is 0.246. The number of halogens is 3.